The van der Waals surface area contributed by atoms with E-state index in [0.29, 0.717) is 21.8 Å². The van der Waals surface area contributed by atoms with Gasteiger partial charge in [-0.05, 0) is 39.0 Å². The van der Waals surface area contributed by atoms with Crippen molar-refractivity contribution in [3.63, 3.8) is 0 Å². The van der Waals surface area contributed by atoms with Gasteiger partial charge in [0.2, 0.25) is 5.91 Å². The third kappa shape index (κ3) is 6.42. The summed E-state index contributed by atoms with van der Waals surface area (Å²) in [5.41, 5.74) is 0.862. The summed E-state index contributed by atoms with van der Waals surface area (Å²) in [5, 5.41) is 8.17. The van der Waals surface area contributed by atoms with Gasteiger partial charge in [-0.2, -0.15) is 0 Å². The van der Waals surface area contributed by atoms with E-state index in [2.05, 4.69) is 16.0 Å². The molecule has 142 valence electrons. The predicted octanol–water partition coefficient (Wildman–Crippen LogP) is 3.61. The molecule has 0 fully saturated rings. The number of imide groups is 1. The van der Waals surface area contributed by atoms with Crippen LogP contribution in [0.3, 0.4) is 0 Å². The van der Waals surface area contributed by atoms with Gasteiger partial charge in [-0.25, -0.2) is 4.79 Å². The molecule has 0 bridgehead atoms. The Kier molecular flexibility index (Phi) is 6.58. The zero-order chi connectivity index (χ0) is 20.0. The Morgan fingerprint density at radius 3 is 2.30 bits per heavy atom. The monoisotopic (exact) mass is 387 g/mol. The number of carbonyl (C=O) groups is 3. The van der Waals surface area contributed by atoms with E-state index < -0.39 is 17.5 Å². The number of hydrogen-bond acceptors (Lipinski definition) is 4. The molecule has 0 heterocycles. The maximum atomic E-state index is 12.7. The van der Waals surface area contributed by atoms with Gasteiger partial charge in [-0.3, -0.25) is 14.9 Å². The van der Waals surface area contributed by atoms with E-state index in [-0.39, 0.29) is 12.3 Å². The summed E-state index contributed by atoms with van der Waals surface area (Å²) in [6.07, 6.45) is 0. The molecule has 0 unspecified atom stereocenters. The third-order valence-electron chi connectivity index (χ3n) is 3.44. The number of ketones is 1. The lowest BCUT2D eigenvalue weighted by Gasteiger charge is -2.20. The quantitative estimate of drug-likeness (QED) is 0.684. The minimum absolute atomic E-state index is 0.172. The van der Waals surface area contributed by atoms with Gasteiger partial charge in [0.25, 0.3) is 0 Å². The molecule has 0 atom stereocenters. The molecule has 27 heavy (non-hydrogen) atoms. The van der Waals surface area contributed by atoms with E-state index in [0.717, 1.165) is 0 Å². The molecule has 0 radical (unpaired) electrons. The van der Waals surface area contributed by atoms with E-state index in [1.165, 1.54) is 0 Å². The van der Waals surface area contributed by atoms with Crippen LogP contribution in [0.15, 0.2) is 48.5 Å². The van der Waals surface area contributed by atoms with Crippen LogP contribution in [0.4, 0.5) is 10.5 Å². The third-order valence-corrected chi connectivity index (χ3v) is 3.68. The molecule has 0 saturated heterocycles. The second-order valence-electron chi connectivity index (χ2n) is 6.99. The topological polar surface area (TPSA) is 87.3 Å². The van der Waals surface area contributed by atoms with Crippen molar-refractivity contribution in [3.05, 3.63) is 64.7 Å². The summed E-state index contributed by atoms with van der Waals surface area (Å²) in [4.78, 5) is 36.5. The molecule has 0 aliphatic carbocycles. The highest BCUT2D eigenvalue weighted by atomic mass is 35.5. The van der Waals surface area contributed by atoms with Gasteiger partial charge in [0.15, 0.2) is 5.78 Å². The zero-order valence-electron chi connectivity index (χ0n) is 15.4. The number of amides is 3. The number of anilines is 1. The van der Waals surface area contributed by atoms with Crippen molar-refractivity contribution >= 4 is 35.0 Å². The average molecular weight is 388 g/mol. The van der Waals surface area contributed by atoms with Gasteiger partial charge < -0.3 is 10.6 Å². The van der Waals surface area contributed by atoms with Crippen LogP contribution in [0, 0.1) is 0 Å². The summed E-state index contributed by atoms with van der Waals surface area (Å²) in [7, 11) is 0. The predicted molar refractivity (Wildman–Crippen MR) is 106 cm³/mol. The second kappa shape index (κ2) is 8.68. The number of nitrogens with one attached hydrogen (secondary N) is 3. The van der Waals surface area contributed by atoms with Crippen LogP contribution in [0.25, 0.3) is 0 Å². The maximum Gasteiger partial charge on any atom is 0.321 e. The van der Waals surface area contributed by atoms with E-state index in [1.54, 1.807) is 42.5 Å². The summed E-state index contributed by atoms with van der Waals surface area (Å²) >= 11 is 6.03. The second-order valence-corrected chi connectivity index (χ2v) is 7.43. The minimum Gasteiger partial charge on any atom is -0.376 e. The minimum atomic E-state index is -0.578. The van der Waals surface area contributed by atoms with Crippen molar-refractivity contribution in [2.45, 2.75) is 26.3 Å². The van der Waals surface area contributed by atoms with Crippen molar-refractivity contribution in [2.24, 2.45) is 0 Å². The average Bonchev–Trinajstić information content (AvgIpc) is 2.59. The first-order valence-corrected chi connectivity index (χ1v) is 8.79. The Morgan fingerprint density at radius 1 is 1.00 bits per heavy atom. The highest BCUT2D eigenvalue weighted by Crippen LogP contribution is 2.23. The zero-order valence-corrected chi connectivity index (χ0v) is 16.2. The van der Waals surface area contributed by atoms with E-state index >= 15 is 0 Å². The van der Waals surface area contributed by atoms with Gasteiger partial charge in [0.1, 0.15) is 0 Å². The van der Waals surface area contributed by atoms with Crippen LogP contribution < -0.4 is 16.0 Å². The van der Waals surface area contributed by atoms with Crippen LogP contribution in [-0.4, -0.2) is 29.8 Å². The van der Waals surface area contributed by atoms with Gasteiger partial charge >= 0.3 is 6.03 Å². The first-order chi connectivity index (χ1) is 12.7. The number of rotatable bonds is 5. The van der Waals surface area contributed by atoms with Gasteiger partial charge in [0.05, 0.1) is 6.54 Å². The molecule has 0 spiro atoms. The Morgan fingerprint density at radius 2 is 1.67 bits per heavy atom. The Bertz CT molecular complexity index is 845. The van der Waals surface area contributed by atoms with Crippen LogP contribution in [0.5, 0.6) is 0 Å². The van der Waals surface area contributed by atoms with Crippen molar-refractivity contribution in [1.82, 2.24) is 10.6 Å². The fourth-order valence-corrected chi connectivity index (χ4v) is 2.49. The summed E-state index contributed by atoms with van der Waals surface area (Å²) in [6.45, 7) is 5.26. The van der Waals surface area contributed by atoms with Gasteiger partial charge in [0, 0.05) is 27.4 Å². The molecule has 2 rings (SSSR count). The van der Waals surface area contributed by atoms with Crippen LogP contribution >= 0.6 is 11.6 Å². The van der Waals surface area contributed by atoms with Gasteiger partial charge in [-0.1, -0.05) is 41.9 Å². The molecule has 7 heteroatoms. The highest BCUT2D eigenvalue weighted by Gasteiger charge is 2.17. The first-order valence-electron chi connectivity index (χ1n) is 8.41. The Labute approximate surface area is 163 Å². The van der Waals surface area contributed by atoms with Crippen LogP contribution in [-0.2, 0) is 4.79 Å². The Hall–Kier alpha value is -2.86. The Balaban J connectivity index is 2.08. The lowest BCUT2D eigenvalue weighted by Crippen LogP contribution is -2.49. The van der Waals surface area contributed by atoms with E-state index in [4.69, 9.17) is 11.6 Å². The number of carbonyl (C=O) groups excluding carboxylic acids is 3. The van der Waals surface area contributed by atoms with Crippen LogP contribution in [0.1, 0.15) is 36.7 Å². The smallest absolute Gasteiger partial charge is 0.321 e. The van der Waals surface area contributed by atoms with E-state index in [9.17, 15) is 14.4 Å². The number of benzene rings is 2. The maximum absolute atomic E-state index is 12.7. The number of halogens is 1. The fourth-order valence-electron chi connectivity index (χ4n) is 2.32. The molecule has 2 aromatic carbocycles. The molecule has 0 saturated carbocycles. The molecule has 2 aromatic rings. The molecular weight excluding hydrogens is 366 g/mol. The molecule has 3 amide bonds. The first kappa shape index (κ1) is 20.5. The largest absolute Gasteiger partial charge is 0.376 e. The molecule has 0 aliphatic rings. The van der Waals surface area contributed by atoms with Crippen molar-refractivity contribution in [1.29, 1.82) is 0 Å². The fraction of sp³-hybridized carbons (Fsp3) is 0.250. The molecular formula is C20H22ClN3O3. The van der Waals surface area contributed by atoms with Crippen molar-refractivity contribution in [3.8, 4) is 0 Å². The molecule has 0 aromatic heterocycles. The normalized spacial score (nSPS) is 10.8. The standard InChI is InChI=1S/C20H22ClN3O3/c1-20(2,3)24-19(27)23-17(25)12-22-16-10-9-14(21)11-15(16)18(26)13-7-5-4-6-8-13/h4-11,22H,12H2,1-3H3,(H2,23,24,25,27). The highest BCUT2D eigenvalue weighted by molar-refractivity contribution is 6.31. The summed E-state index contributed by atoms with van der Waals surface area (Å²) in [5.74, 6) is -0.740. The lowest BCUT2D eigenvalue weighted by molar-refractivity contribution is -0.118. The van der Waals surface area contributed by atoms with Gasteiger partial charge in [-0.15, -0.1) is 0 Å². The molecule has 3 N–H and O–H groups in total. The summed E-state index contributed by atoms with van der Waals surface area (Å²) in [6, 6.07) is 13.0. The SMILES string of the molecule is CC(C)(C)NC(=O)NC(=O)CNc1ccc(Cl)cc1C(=O)c1ccccc1. The molecule has 0 aliphatic heterocycles. The molecule has 6 nitrogen and oxygen atoms in total. The number of urea groups is 1. The number of hydrogen-bond donors (Lipinski definition) is 3. The lowest BCUT2D eigenvalue weighted by atomic mass is 10.0. The van der Waals surface area contributed by atoms with Crippen LogP contribution in [0.2, 0.25) is 5.02 Å². The van der Waals surface area contributed by atoms with Crippen molar-refractivity contribution in [2.75, 3.05) is 11.9 Å². The summed E-state index contributed by atoms with van der Waals surface area (Å²) < 4.78 is 0. The van der Waals surface area contributed by atoms with E-state index in [1.807, 2.05) is 26.8 Å². The van der Waals surface area contributed by atoms with Crippen molar-refractivity contribution < 1.29 is 14.4 Å².